The summed E-state index contributed by atoms with van der Waals surface area (Å²) in [7, 11) is 10.3. The Morgan fingerprint density at radius 3 is 2.12 bits per heavy atom. The van der Waals surface area contributed by atoms with Gasteiger partial charge in [0.15, 0.2) is 5.72 Å². The molecule has 139 heavy (non-hydrogen) atoms. The van der Waals surface area contributed by atoms with Crippen LogP contribution in [-0.2, 0) is 102 Å². The number of hydrogen-bond acceptors (Lipinski definition) is 28. The molecule has 9 rings (SSSR count). The molecule has 18 atom stereocenters. The molecule has 4 aliphatic rings. The molecule has 3 saturated heterocycles. The number of aliphatic hydroxyl groups excluding tert-OH is 2. The standard InChI is InChI=1S/C97H136ClN15O22S4/c1-12-13-14-15-16-24-40-100-69(46-61-27-18-17-19-28-61)87(121)107-72-54-138-139-55-73(108-93(127)84(60(6)115)110-86(120)68(31-22-23-39-99)104-89(123)71(50-64-53-103-67-30-21-20-29-66(64)67)106-88(122)70(105-90(72)124)47-62-33-35-65(116)36-34-62)91(125)109-83(59(5)114)92(126)102-42-41-101-79(117)37-43-136-137-44-38-80(118)112(8)58(4)94(128)134-78-51-81(119)113(9)74-48-63(49-75(131-10)82(74)98)45-56(2)26-25-32-77(132-11)97(130)52-76(133-95(129)111-97)57(3)85-96(78,7)135-85/h17-21,25-30,32-36,48-49,53,57-60,68-73,76-78,83-85,100,103,114-116,130H,12-16,22-24,31,37-47,50-52,54-55,99H2,1-11H3,(H,101,117)(H,102,126)(H,104,123)(H,105,124)(H,106,122)(H,107,121)(H,108,127)(H,109,125)(H,110,120)(H,111,129)/b32-25+,56-26+/t57-,58+,59-,60-,68+,69-,70+,71-,72+,73+,76+,77-,78+,83+,84+,85+,96+,97+/m1/s1. The number of epoxide rings is 1. The lowest BCUT2D eigenvalue weighted by molar-refractivity contribution is -0.162. The summed E-state index contributed by atoms with van der Waals surface area (Å²) < 4.78 is 29.7. The minimum absolute atomic E-state index is 0.00325. The lowest BCUT2D eigenvalue weighted by Gasteiger charge is -2.42. The number of esters is 1. The summed E-state index contributed by atoms with van der Waals surface area (Å²) in [5, 5.41) is 76.1. The van der Waals surface area contributed by atoms with Gasteiger partial charge in [0.05, 0.1) is 43.6 Å². The van der Waals surface area contributed by atoms with Crippen LogP contribution in [0.15, 0.2) is 121 Å². The van der Waals surface area contributed by atoms with Crippen molar-refractivity contribution >= 4 is 148 Å². The third-order valence-electron chi connectivity index (χ3n) is 25.0. The van der Waals surface area contributed by atoms with Crippen molar-refractivity contribution in [3.05, 3.63) is 148 Å². The Morgan fingerprint density at radius 2 is 1.42 bits per heavy atom. The van der Waals surface area contributed by atoms with Gasteiger partial charge in [0.2, 0.25) is 65.0 Å². The number of carbonyl (C=O) groups is 13. The first kappa shape index (κ1) is 112. The number of amides is 12. The number of hydrogen-bond donors (Lipinski definition) is 17. The molecule has 0 unspecified atom stereocenters. The van der Waals surface area contributed by atoms with Crippen LogP contribution in [0, 0.1) is 5.92 Å². The van der Waals surface area contributed by atoms with Crippen molar-refractivity contribution in [2.24, 2.45) is 11.7 Å². The zero-order chi connectivity index (χ0) is 101. The van der Waals surface area contributed by atoms with Crippen LogP contribution in [0.3, 0.4) is 0 Å². The Morgan fingerprint density at radius 1 is 0.763 bits per heavy atom. The highest BCUT2D eigenvalue weighted by Gasteiger charge is 2.65. The van der Waals surface area contributed by atoms with E-state index < -0.39 is 192 Å². The van der Waals surface area contributed by atoms with Gasteiger partial charge in [0, 0.05) is 112 Å². The number of likely N-dealkylation sites (N-methyl/N-ethyl adjacent to an activating group) is 1. The number of para-hydroxylation sites is 1. The van der Waals surface area contributed by atoms with E-state index in [9.17, 15) is 68.4 Å². The number of nitrogens with two attached hydrogens (primary N) is 1. The van der Waals surface area contributed by atoms with Gasteiger partial charge in [0.1, 0.15) is 88.8 Å². The summed E-state index contributed by atoms with van der Waals surface area (Å²) in [6.07, 6.45) is 4.62. The van der Waals surface area contributed by atoms with Crippen molar-refractivity contribution in [3.8, 4) is 11.5 Å². The molecular weight excluding hydrogens is 1890 g/mol. The molecule has 4 bridgehead atoms. The number of rotatable bonds is 40. The van der Waals surface area contributed by atoms with Crippen LogP contribution in [0.2, 0.25) is 5.02 Å². The van der Waals surface area contributed by atoms with Crippen molar-refractivity contribution in [1.29, 1.82) is 0 Å². The Balaban J connectivity index is 0.844. The maximum atomic E-state index is 15.4. The van der Waals surface area contributed by atoms with E-state index in [1.165, 1.54) is 92.6 Å². The molecule has 0 aliphatic carbocycles. The number of H-pyrrole nitrogens is 1. The number of nitrogens with zero attached hydrogens (tertiary/aromatic N) is 2. The summed E-state index contributed by atoms with van der Waals surface area (Å²) in [6, 6.07) is 12.8. The van der Waals surface area contributed by atoms with Crippen LogP contribution in [0.5, 0.6) is 11.5 Å². The SMILES string of the molecule is CCCCCCCCN[C@H](Cc1ccccc1)C(=O)N[C@H]1CSSC[C@@H](C(=O)N[C@H](C(=O)NCCNC(=O)CCSSCCC(=O)N(C)[C@@H](C)C(=O)O[C@H]2CC(=O)N(C)c3cc(cc(OC)c3Cl)C/C(C)=C/C=C/[C@@H](OC)[C@@]3(O)C[C@H](OC(=O)N3)[C@@H](C)[C@@H]3O[C@@]23C)[C@@H](C)O)NC(=O)[C@H]([C@@H](C)O)NC(=O)[C@H](CCCCN)NC(=O)[C@@H](Cc2c[nH]c3ccccc23)NC(=O)[C@H](Cc2ccc(O)cc2)NC1=O. The molecule has 5 heterocycles. The predicted octanol–water partition coefficient (Wildman–Crippen LogP) is 5.82. The number of aliphatic hydroxyl groups is 3. The summed E-state index contributed by atoms with van der Waals surface area (Å²) in [5.41, 5.74) is 7.12. The second kappa shape index (κ2) is 55.3. The smallest absolute Gasteiger partial charge is 0.409 e. The largest absolute Gasteiger partial charge is 0.508 e. The van der Waals surface area contributed by atoms with Crippen LogP contribution in [0.4, 0.5) is 10.5 Å². The van der Waals surface area contributed by atoms with Crippen LogP contribution in [0.25, 0.3) is 10.9 Å². The topological polar surface area (TPSA) is 533 Å². The number of carbonyl (C=O) groups excluding carboxylic acids is 13. The number of alkyl carbamates (subject to hydrolysis) is 1. The third kappa shape index (κ3) is 33.5. The number of anilines is 1. The number of aromatic nitrogens is 1. The highest BCUT2D eigenvalue weighted by Crippen LogP contribution is 2.50. The summed E-state index contributed by atoms with van der Waals surface area (Å²) >= 11 is 6.88. The fraction of sp³-hybridized carbons (Fsp3) is 0.557. The molecule has 0 spiro atoms. The second-order valence-corrected chi connectivity index (χ2v) is 41.3. The van der Waals surface area contributed by atoms with Crippen molar-refractivity contribution in [1.82, 2.24) is 68.4 Å². The number of ether oxygens (including phenoxy) is 5. The highest BCUT2D eigenvalue weighted by atomic mass is 35.5. The predicted molar refractivity (Wildman–Crippen MR) is 535 cm³/mol. The first-order chi connectivity index (χ1) is 66.4. The number of phenols is 1. The number of phenolic OH excluding ortho intramolecular Hbond substituents is 1. The Hall–Kier alpha value is -10.2. The summed E-state index contributed by atoms with van der Waals surface area (Å²) in [5.74, 6) is -9.92. The number of fused-ring (bicyclic) bond motifs is 6. The number of aromatic amines is 1. The van der Waals surface area contributed by atoms with E-state index in [0.29, 0.717) is 52.9 Å². The third-order valence-corrected chi connectivity index (χ3v) is 30.2. The van der Waals surface area contributed by atoms with E-state index in [-0.39, 0.29) is 105 Å². The number of benzene rings is 4. The summed E-state index contributed by atoms with van der Waals surface area (Å²) in [4.78, 5) is 194. The number of allylic oxidation sites excluding steroid dienone is 3. The summed E-state index contributed by atoms with van der Waals surface area (Å²) in [6.45, 7) is 11.7. The second-order valence-electron chi connectivity index (χ2n) is 35.7. The van der Waals surface area contributed by atoms with Gasteiger partial charge in [-0.15, -0.1) is 0 Å². The molecule has 762 valence electrons. The van der Waals surface area contributed by atoms with Crippen LogP contribution in [0.1, 0.15) is 154 Å². The highest BCUT2D eigenvalue weighted by molar-refractivity contribution is 8.77. The molecule has 12 amide bonds. The van der Waals surface area contributed by atoms with Crippen molar-refractivity contribution in [2.75, 3.05) is 82.4 Å². The number of unbranched alkanes of at least 4 members (excludes halogenated alkanes) is 6. The molecular formula is C97H136ClN15O22S4. The Bertz CT molecular complexity index is 5060. The van der Waals surface area contributed by atoms with E-state index in [1.807, 2.05) is 61.5 Å². The Kier molecular flexibility index (Phi) is 44.7. The van der Waals surface area contributed by atoms with Crippen LogP contribution >= 0.6 is 54.8 Å². The van der Waals surface area contributed by atoms with Gasteiger partial charge < -0.3 is 118 Å². The lowest BCUT2D eigenvalue weighted by Crippen LogP contribution is -2.63. The lowest BCUT2D eigenvalue weighted by atomic mass is 9.83. The van der Waals surface area contributed by atoms with Gasteiger partial charge in [-0.3, -0.25) is 58.1 Å². The van der Waals surface area contributed by atoms with E-state index in [4.69, 9.17) is 41.0 Å². The molecule has 0 saturated carbocycles. The van der Waals surface area contributed by atoms with Crippen molar-refractivity contribution in [3.63, 3.8) is 0 Å². The maximum Gasteiger partial charge on any atom is 0.409 e. The van der Waals surface area contributed by atoms with Gasteiger partial charge in [-0.1, -0.05) is 185 Å². The first-order valence-corrected chi connectivity index (χ1v) is 52.4. The molecule has 42 heteroatoms. The fourth-order valence-electron chi connectivity index (χ4n) is 16.5. The number of aromatic hydroxyl groups is 1. The van der Waals surface area contributed by atoms with Crippen molar-refractivity contribution in [2.45, 2.75) is 260 Å². The number of nitrogens with one attached hydrogen (secondary N) is 12. The average Bonchev–Trinajstić information content (AvgIpc) is 1.57. The van der Waals surface area contributed by atoms with Gasteiger partial charge in [-0.2, -0.15) is 0 Å². The van der Waals surface area contributed by atoms with E-state index in [2.05, 4.69) is 70.4 Å². The molecule has 1 aromatic heterocycles. The maximum absolute atomic E-state index is 15.4. The Labute approximate surface area is 831 Å². The van der Waals surface area contributed by atoms with Gasteiger partial charge >= 0.3 is 12.1 Å². The number of halogens is 1. The molecule has 4 aromatic carbocycles. The van der Waals surface area contributed by atoms with E-state index >= 15 is 14.4 Å². The van der Waals surface area contributed by atoms with Gasteiger partial charge in [-0.05, 0) is 139 Å². The normalized spacial score (nSPS) is 24.9. The quantitative estimate of drug-likeness (QED) is 0.00950. The van der Waals surface area contributed by atoms with Crippen LogP contribution in [-0.4, -0.2) is 287 Å². The molecule has 3 fully saturated rings. The molecule has 5 aromatic rings. The van der Waals surface area contributed by atoms with Crippen LogP contribution < -0.4 is 73.9 Å². The molecule has 0 radical (unpaired) electrons. The fourth-order valence-corrected chi connectivity index (χ4v) is 21.1. The number of methoxy groups -OCH3 is 2. The van der Waals surface area contributed by atoms with Gasteiger partial charge in [-0.25, -0.2) is 9.59 Å². The minimum Gasteiger partial charge on any atom is -0.508 e. The zero-order valence-electron chi connectivity index (χ0n) is 80.5. The molecule has 4 aliphatic heterocycles. The molecule has 37 nitrogen and oxygen atoms in total. The van der Waals surface area contributed by atoms with Crippen molar-refractivity contribution < 1.29 is 106 Å². The van der Waals surface area contributed by atoms with E-state index in [1.54, 1.807) is 62.5 Å². The molecule has 18 N–H and O–H groups in total. The minimum atomic E-state index is -1.93. The van der Waals surface area contributed by atoms with Gasteiger partial charge in [0.25, 0.3) is 0 Å². The first-order valence-electron chi connectivity index (χ1n) is 47.1. The average molecular weight is 2030 g/mol. The zero-order valence-corrected chi connectivity index (χ0v) is 84.5. The van der Waals surface area contributed by atoms with E-state index in [0.717, 1.165) is 76.8 Å². The monoisotopic (exact) mass is 2030 g/mol.